The Bertz CT molecular complexity index is 817. The number of rotatable bonds is 39. The molecule has 298 valence electrons. The summed E-state index contributed by atoms with van der Waals surface area (Å²) in [5.74, 6) is -0.444. The van der Waals surface area contributed by atoms with E-state index in [-0.39, 0.29) is 19.6 Å². The minimum absolute atomic E-state index is 0.0514. The first kappa shape index (κ1) is 49.2. The van der Waals surface area contributed by atoms with Gasteiger partial charge >= 0.3 is 7.82 Å². The third kappa shape index (κ3) is 34.3. The average Bonchev–Trinajstić information content (AvgIpc) is 3.09. The maximum Gasteiger partial charge on any atom is 0.472 e. The van der Waals surface area contributed by atoms with E-state index in [0.717, 1.165) is 38.5 Å². The summed E-state index contributed by atoms with van der Waals surface area (Å²) in [6.45, 7) is 3.97. The molecule has 0 aliphatic heterocycles. The van der Waals surface area contributed by atoms with Gasteiger partial charge in [-0.15, -0.1) is 0 Å². The zero-order valence-corrected chi connectivity index (χ0v) is 33.4. The van der Waals surface area contributed by atoms with E-state index < -0.39 is 38.6 Å². The quantitative estimate of drug-likeness (QED) is 0.0238. The Hall–Kier alpha value is -0.800. The standard InChI is InChI=1S/C40H81N2O7P/c1-3-5-7-9-11-13-15-17-18-20-22-24-26-28-30-32-39(44)38(36-49-50(46,47)48-34-33-41)42-40(45)35-37(43)31-29-27-25-23-21-19-16-14-12-10-8-6-4-2/h30,32,37-39,43-44H,3-29,31,33-36,41H2,1-2H3,(H,42,45)(H,46,47)/b32-30+. The summed E-state index contributed by atoms with van der Waals surface area (Å²) in [5.41, 5.74) is 5.35. The fourth-order valence-electron chi connectivity index (χ4n) is 6.23. The second kappa shape index (κ2) is 36.6. The van der Waals surface area contributed by atoms with E-state index in [4.69, 9.17) is 14.8 Å². The van der Waals surface area contributed by atoms with E-state index in [1.165, 1.54) is 135 Å². The van der Waals surface area contributed by atoms with E-state index in [1.54, 1.807) is 6.08 Å². The highest BCUT2D eigenvalue weighted by Gasteiger charge is 2.27. The number of hydrogen-bond donors (Lipinski definition) is 5. The Morgan fingerprint density at radius 1 is 0.680 bits per heavy atom. The number of unbranched alkanes of at least 4 members (excludes halogenated alkanes) is 25. The highest BCUT2D eigenvalue weighted by molar-refractivity contribution is 7.47. The molecule has 1 amide bonds. The molecule has 0 bridgehead atoms. The maximum absolute atomic E-state index is 12.8. The molecule has 0 saturated heterocycles. The van der Waals surface area contributed by atoms with E-state index >= 15 is 0 Å². The summed E-state index contributed by atoms with van der Waals surface area (Å²) >= 11 is 0. The molecular formula is C40H81N2O7P. The number of aliphatic hydroxyl groups excluding tert-OH is 2. The molecule has 50 heavy (non-hydrogen) atoms. The Balaban J connectivity index is 4.36. The predicted molar refractivity (Wildman–Crippen MR) is 209 cm³/mol. The summed E-state index contributed by atoms with van der Waals surface area (Å²) in [6.07, 6.45) is 35.7. The van der Waals surface area contributed by atoms with Gasteiger partial charge in [0.05, 0.1) is 37.9 Å². The van der Waals surface area contributed by atoms with Crippen LogP contribution in [0.4, 0.5) is 0 Å². The van der Waals surface area contributed by atoms with Gasteiger partial charge in [0.2, 0.25) is 5.91 Å². The first-order valence-corrected chi connectivity index (χ1v) is 22.4. The van der Waals surface area contributed by atoms with Gasteiger partial charge < -0.3 is 26.2 Å². The van der Waals surface area contributed by atoms with Gasteiger partial charge in [-0.2, -0.15) is 0 Å². The van der Waals surface area contributed by atoms with E-state index in [9.17, 15) is 24.5 Å². The summed E-state index contributed by atoms with van der Waals surface area (Å²) in [7, 11) is -4.39. The molecule has 0 aliphatic rings. The van der Waals surface area contributed by atoms with Crippen LogP contribution in [0.3, 0.4) is 0 Å². The lowest BCUT2D eigenvalue weighted by molar-refractivity contribution is -0.124. The lowest BCUT2D eigenvalue weighted by Gasteiger charge is -2.24. The van der Waals surface area contributed by atoms with E-state index in [2.05, 4.69) is 19.2 Å². The molecule has 0 spiro atoms. The molecule has 0 saturated carbocycles. The normalized spacial score (nSPS) is 14.9. The van der Waals surface area contributed by atoms with Gasteiger partial charge in [-0.3, -0.25) is 13.8 Å². The molecule has 0 aromatic carbocycles. The van der Waals surface area contributed by atoms with Crippen molar-refractivity contribution in [2.75, 3.05) is 19.8 Å². The predicted octanol–water partition coefficient (Wildman–Crippen LogP) is 10.2. The van der Waals surface area contributed by atoms with Gasteiger partial charge in [0.25, 0.3) is 0 Å². The first-order chi connectivity index (χ1) is 24.3. The van der Waals surface area contributed by atoms with Crippen molar-refractivity contribution in [2.45, 2.75) is 218 Å². The molecule has 0 aliphatic carbocycles. The Labute approximate surface area is 307 Å². The Kier molecular flexibility index (Phi) is 36.0. The highest BCUT2D eigenvalue weighted by atomic mass is 31.2. The SMILES string of the molecule is CCCCCCCCCCCCCCC/C=C/C(O)C(COP(=O)(O)OCCN)NC(=O)CC(O)CCCCCCCCCCCCCCC. The van der Waals surface area contributed by atoms with Crippen LogP contribution in [0.2, 0.25) is 0 Å². The molecule has 9 nitrogen and oxygen atoms in total. The van der Waals surface area contributed by atoms with Crippen LogP contribution in [0.25, 0.3) is 0 Å². The van der Waals surface area contributed by atoms with E-state index in [1.807, 2.05) is 6.08 Å². The monoisotopic (exact) mass is 733 g/mol. The second-order valence-corrected chi connectivity index (χ2v) is 15.9. The van der Waals surface area contributed by atoms with Gasteiger partial charge in [0, 0.05) is 6.54 Å². The van der Waals surface area contributed by atoms with Gasteiger partial charge in [0.15, 0.2) is 0 Å². The molecule has 4 atom stereocenters. The van der Waals surface area contributed by atoms with Crippen LogP contribution >= 0.6 is 7.82 Å². The number of hydrogen-bond acceptors (Lipinski definition) is 7. The number of phosphoric acid groups is 1. The summed E-state index contributed by atoms with van der Waals surface area (Å²) in [6, 6.07) is -0.976. The maximum atomic E-state index is 12.8. The van der Waals surface area contributed by atoms with E-state index in [0.29, 0.717) is 6.42 Å². The summed E-state index contributed by atoms with van der Waals surface area (Å²) < 4.78 is 22.0. The third-order valence-corrected chi connectivity index (χ3v) is 10.4. The number of carbonyl (C=O) groups is 1. The Morgan fingerprint density at radius 2 is 1.10 bits per heavy atom. The summed E-state index contributed by atoms with van der Waals surface area (Å²) in [5, 5.41) is 24.0. The lowest BCUT2D eigenvalue weighted by atomic mass is 10.0. The number of aliphatic hydroxyl groups is 2. The minimum Gasteiger partial charge on any atom is -0.393 e. The third-order valence-electron chi connectivity index (χ3n) is 9.42. The van der Waals surface area contributed by atoms with Crippen LogP contribution in [0.15, 0.2) is 12.2 Å². The van der Waals surface area contributed by atoms with Crippen LogP contribution in [-0.2, 0) is 18.4 Å². The smallest absolute Gasteiger partial charge is 0.393 e. The molecule has 0 rings (SSSR count). The van der Waals surface area contributed by atoms with Gasteiger partial charge in [-0.1, -0.05) is 187 Å². The molecule has 6 N–H and O–H groups in total. The fraction of sp³-hybridized carbons (Fsp3) is 0.925. The summed E-state index contributed by atoms with van der Waals surface area (Å²) in [4.78, 5) is 22.7. The fourth-order valence-corrected chi connectivity index (χ4v) is 6.99. The molecule has 10 heteroatoms. The van der Waals surface area contributed by atoms with Gasteiger partial charge in [-0.05, 0) is 19.3 Å². The van der Waals surface area contributed by atoms with Crippen molar-refractivity contribution in [3.8, 4) is 0 Å². The van der Waals surface area contributed by atoms with Crippen LogP contribution in [0.5, 0.6) is 0 Å². The molecule has 0 heterocycles. The van der Waals surface area contributed by atoms with Crippen LogP contribution in [0, 0.1) is 0 Å². The number of nitrogens with two attached hydrogens (primary N) is 1. The zero-order chi connectivity index (χ0) is 37.0. The molecular weight excluding hydrogens is 651 g/mol. The first-order valence-electron chi connectivity index (χ1n) is 20.9. The Morgan fingerprint density at radius 3 is 1.54 bits per heavy atom. The van der Waals surface area contributed by atoms with Crippen LogP contribution in [-0.4, -0.2) is 59.0 Å². The topological polar surface area (TPSA) is 151 Å². The van der Waals surface area contributed by atoms with Gasteiger partial charge in [-0.25, -0.2) is 4.57 Å². The van der Waals surface area contributed by atoms with Crippen molar-refractivity contribution in [2.24, 2.45) is 5.73 Å². The largest absolute Gasteiger partial charge is 0.472 e. The molecule has 0 radical (unpaired) electrons. The number of nitrogens with one attached hydrogen (secondary N) is 1. The molecule has 0 aromatic rings. The zero-order valence-electron chi connectivity index (χ0n) is 32.5. The number of carbonyl (C=O) groups excluding carboxylic acids is 1. The molecule has 0 aromatic heterocycles. The average molecular weight is 733 g/mol. The van der Waals surface area contributed by atoms with Crippen molar-refractivity contribution < 1.29 is 33.5 Å². The number of allylic oxidation sites excluding steroid dienone is 1. The highest BCUT2D eigenvalue weighted by Crippen LogP contribution is 2.43. The van der Waals surface area contributed by atoms with Gasteiger partial charge in [0.1, 0.15) is 0 Å². The van der Waals surface area contributed by atoms with Crippen LogP contribution in [0.1, 0.15) is 200 Å². The molecule has 4 unspecified atom stereocenters. The lowest BCUT2D eigenvalue weighted by Crippen LogP contribution is -2.46. The molecule has 0 fully saturated rings. The van der Waals surface area contributed by atoms with Crippen molar-refractivity contribution >= 4 is 13.7 Å². The second-order valence-electron chi connectivity index (χ2n) is 14.4. The number of phosphoric ester groups is 1. The van der Waals surface area contributed by atoms with Crippen molar-refractivity contribution in [1.29, 1.82) is 0 Å². The number of amides is 1. The van der Waals surface area contributed by atoms with Crippen molar-refractivity contribution in [1.82, 2.24) is 5.32 Å². The van der Waals surface area contributed by atoms with Crippen molar-refractivity contribution in [3.63, 3.8) is 0 Å². The van der Waals surface area contributed by atoms with Crippen molar-refractivity contribution in [3.05, 3.63) is 12.2 Å². The van der Waals surface area contributed by atoms with Crippen LogP contribution < -0.4 is 11.1 Å². The minimum atomic E-state index is -4.39.